The molecule has 0 aromatic heterocycles. The largest absolute Gasteiger partial charge is 0.384 e. The van der Waals surface area contributed by atoms with Gasteiger partial charge >= 0.3 is 0 Å². The van der Waals surface area contributed by atoms with E-state index in [1.807, 2.05) is 0 Å². The van der Waals surface area contributed by atoms with Crippen molar-refractivity contribution in [2.45, 2.75) is 26.8 Å². The van der Waals surface area contributed by atoms with Crippen LogP contribution < -0.4 is 5.32 Å². The zero-order chi connectivity index (χ0) is 13.5. The Labute approximate surface area is 116 Å². The fourth-order valence-electron chi connectivity index (χ4n) is 2.52. The molecule has 1 fully saturated rings. The van der Waals surface area contributed by atoms with E-state index in [-0.39, 0.29) is 0 Å². The normalized spacial score (nSPS) is 19.0. The maximum absolute atomic E-state index is 5.43. The van der Waals surface area contributed by atoms with Crippen molar-refractivity contribution in [1.29, 1.82) is 0 Å². The van der Waals surface area contributed by atoms with E-state index < -0.39 is 0 Å². The first-order valence-corrected chi connectivity index (χ1v) is 7.45. The highest BCUT2D eigenvalue weighted by Crippen LogP contribution is 2.19. The molecule has 3 heteroatoms. The van der Waals surface area contributed by atoms with E-state index in [1.54, 1.807) is 0 Å². The molecule has 0 bridgehead atoms. The lowest BCUT2D eigenvalue weighted by atomic mass is 10.1. The van der Waals surface area contributed by atoms with Crippen molar-refractivity contribution in [3.8, 4) is 0 Å². The van der Waals surface area contributed by atoms with Crippen molar-refractivity contribution in [3.63, 3.8) is 0 Å². The molecule has 1 unspecified atom stereocenters. The first kappa shape index (κ1) is 14.4. The van der Waals surface area contributed by atoms with Crippen LogP contribution in [0.2, 0.25) is 0 Å². The van der Waals surface area contributed by atoms with Gasteiger partial charge in [0.25, 0.3) is 0 Å². The van der Waals surface area contributed by atoms with Crippen molar-refractivity contribution < 1.29 is 4.74 Å². The van der Waals surface area contributed by atoms with Crippen LogP contribution in [0.3, 0.4) is 0 Å². The van der Waals surface area contributed by atoms with Crippen LogP contribution in [0.15, 0.2) is 24.3 Å². The van der Waals surface area contributed by atoms with Crippen LogP contribution in [0, 0.1) is 5.92 Å². The van der Waals surface area contributed by atoms with Crippen LogP contribution >= 0.6 is 0 Å². The maximum atomic E-state index is 5.43. The molecular weight excluding hydrogens is 236 g/mol. The lowest BCUT2D eigenvalue weighted by molar-refractivity contribution is 0.187. The van der Waals surface area contributed by atoms with Gasteiger partial charge in [-0.25, -0.2) is 0 Å². The third-order valence-electron chi connectivity index (χ3n) is 3.91. The Kier molecular flexibility index (Phi) is 5.67. The van der Waals surface area contributed by atoms with Gasteiger partial charge in [0, 0.05) is 31.3 Å². The Hall–Kier alpha value is -1.06. The summed E-state index contributed by atoms with van der Waals surface area (Å²) in [6.07, 6.45) is 1.19. The van der Waals surface area contributed by atoms with E-state index in [2.05, 4.69) is 48.3 Å². The molecule has 1 aromatic carbocycles. The Bertz CT molecular complexity index is 371. The Morgan fingerprint density at radius 2 is 2.05 bits per heavy atom. The lowest BCUT2D eigenvalue weighted by Crippen LogP contribution is -2.23. The summed E-state index contributed by atoms with van der Waals surface area (Å²) in [6.45, 7) is 10.5. The average Bonchev–Trinajstić information content (AvgIpc) is 2.97. The molecule has 1 aliphatic heterocycles. The zero-order valence-electron chi connectivity index (χ0n) is 12.2. The lowest BCUT2D eigenvalue weighted by Gasteiger charge is -2.21. The summed E-state index contributed by atoms with van der Waals surface area (Å²) >= 11 is 0. The summed E-state index contributed by atoms with van der Waals surface area (Å²) in [6, 6.07) is 8.66. The molecule has 106 valence electrons. The predicted octanol–water partition coefficient (Wildman–Crippen LogP) is 2.98. The van der Waals surface area contributed by atoms with Gasteiger partial charge in [-0.15, -0.1) is 0 Å². The second-order valence-electron chi connectivity index (χ2n) is 5.23. The van der Waals surface area contributed by atoms with Crippen LogP contribution in [-0.4, -0.2) is 37.7 Å². The molecule has 1 aromatic rings. The fourth-order valence-corrected chi connectivity index (χ4v) is 2.52. The minimum Gasteiger partial charge on any atom is -0.384 e. The topological polar surface area (TPSA) is 24.5 Å². The van der Waals surface area contributed by atoms with Gasteiger partial charge in [-0.05, 0) is 31.1 Å². The number of ether oxygens (including phenoxy) is 1. The SMILES string of the molecule is CCN(CC)Cc1ccccc1NCC1CCOC1. The minimum atomic E-state index is 0.668. The Morgan fingerprint density at radius 3 is 2.74 bits per heavy atom. The van der Waals surface area contributed by atoms with E-state index in [0.717, 1.165) is 39.4 Å². The predicted molar refractivity (Wildman–Crippen MR) is 80.5 cm³/mol. The number of nitrogens with one attached hydrogen (secondary N) is 1. The number of hydrogen-bond acceptors (Lipinski definition) is 3. The van der Waals surface area contributed by atoms with Crippen molar-refractivity contribution in [2.24, 2.45) is 5.92 Å². The van der Waals surface area contributed by atoms with Crippen molar-refractivity contribution >= 4 is 5.69 Å². The van der Waals surface area contributed by atoms with Gasteiger partial charge in [0.1, 0.15) is 0 Å². The van der Waals surface area contributed by atoms with Gasteiger partial charge in [0.05, 0.1) is 6.61 Å². The van der Waals surface area contributed by atoms with Gasteiger partial charge in [-0.1, -0.05) is 32.0 Å². The molecule has 1 N–H and O–H groups in total. The van der Waals surface area contributed by atoms with Crippen LogP contribution in [-0.2, 0) is 11.3 Å². The number of para-hydroxylation sites is 1. The molecular formula is C16H26N2O. The Balaban J connectivity index is 1.94. The molecule has 3 nitrogen and oxygen atoms in total. The molecule has 19 heavy (non-hydrogen) atoms. The first-order valence-electron chi connectivity index (χ1n) is 7.45. The second-order valence-corrected chi connectivity index (χ2v) is 5.23. The maximum Gasteiger partial charge on any atom is 0.0511 e. The third-order valence-corrected chi connectivity index (χ3v) is 3.91. The van der Waals surface area contributed by atoms with Gasteiger partial charge in [-0.3, -0.25) is 4.90 Å². The van der Waals surface area contributed by atoms with E-state index in [4.69, 9.17) is 4.74 Å². The molecule has 0 saturated carbocycles. The van der Waals surface area contributed by atoms with Crippen molar-refractivity contribution in [2.75, 3.05) is 38.2 Å². The number of benzene rings is 1. The molecule has 2 rings (SSSR count). The van der Waals surface area contributed by atoms with E-state index in [0.29, 0.717) is 5.92 Å². The quantitative estimate of drug-likeness (QED) is 0.817. The van der Waals surface area contributed by atoms with Crippen LogP contribution in [0.25, 0.3) is 0 Å². The monoisotopic (exact) mass is 262 g/mol. The highest BCUT2D eigenvalue weighted by atomic mass is 16.5. The van der Waals surface area contributed by atoms with Gasteiger partial charge in [0.2, 0.25) is 0 Å². The summed E-state index contributed by atoms with van der Waals surface area (Å²) in [4.78, 5) is 2.44. The molecule has 1 aliphatic rings. The number of rotatable bonds is 7. The molecule has 0 spiro atoms. The van der Waals surface area contributed by atoms with Crippen molar-refractivity contribution in [3.05, 3.63) is 29.8 Å². The van der Waals surface area contributed by atoms with Gasteiger partial charge in [-0.2, -0.15) is 0 Å². The standard InChI is InChI=1S/C16H26N2O/c1-3-18(4-2)12-15-7-5-6-8-16(15)17-11-14-9-10-19-13-14/h5-8,14,17H,3-4,9-13H2,1-2H3. The highest BCUT2D eigenvalue weighted by molar-refractivity contribution is 5.51. The Morgan fingerprint density at radius 1 is 1.26 bits per heavy atom. The second kappa shape index (κ2) is 7.51. The van der Waals surface area contributed by atoms with Gasteiger partial charge < -0.3 is 10.1 Å². The van der Waals surface area contributed by atoms with E-state index in [1.165, 1.54) is 17.7 Å². The van der Waals surface area contributed by atoms with Crippen LogP contribution in [0.1, 0.15) is 25.8 Å². The highest BCUT2D eigenvalue weighted by Gasteiger charge is 2.15. The fraction of sp³-hybridized carbons (Fsp3) is 0.625. The smallest absolute Gasteiger partial charge is 0.0511 e. The summed E-state index contributed by atoms with van der Waals surface area (Å²) in [5, 5.41) is 3.60. The number of nitrogens with zero attached hydrogens (tertiary/aromatic N) is 1. The minimum absolute atomic E-state index is 0.668. The van der Waals surface area contributed by atoms with Crippen LogP contribution in [0.4, 0.5) is 5.69 Å². The van der Waals surface area contributed by atoms with Crippen molar-refractivity contribution in [1.82, 2.24) is 4.90 Å². The molecule has 1 saturated heterocycles. The first-order chi connectivity index (χ1) is 9.33. The molecule has 0 aliphatic carbocycles. The van der Waals surface area contributed by atoms with E-state index >= 15 is 0 Å². The summed E-state index contributed by atoms with van der Waals surface area (Å²) in [5.74, 6) is 0.668. The third kappa shape index (κ3) is 4.22. The molecule has 1 heterocycles. The summed E-state index contributed by atoms with van der Waals surface area (Å²) in [7, 11) is 0. The molecule has 0 amide bonds. The number of anilines is 1. The molecule has 1 atom stereocenters. The average molecular weight is 262 g/mol. The number of hydrogen-bond donors (Lipinski definition) is 1. The molecule has 0 radical (unpaired) electrons. The van der Waals surface area contributed by atoms with E-state index in [9.17, 15) is 0 Å². The summed E-state index contributed by atoms with van der Waals surface area (Å²) in [5.41, 5.74) is 2.67. The zero-order valence-corrected chi connectivity index (χ0v) is 12.2. The van der Waals surface area contributed by atoms with Gasteiger partial charge in [0.15, 0.2) is 0 Å². The van der Waals surface area contributed by atoms with Crippen LogP contribution in [0.5, 0.6) is 0 Å². The summed E-state index contributed by atoms with van der Waals surface area (Å²) < 4.78 is 5.43.